The van der Waals surface area contributed by atoms with E-state index in [1.54, 1.807) is 0 Å². The van der Waals surface area contributed by atoms with Gasteiger partial charge in [-0.15, -0.1) is 10.2 Å². The minimum absolute atomic E-state index is 0.486. The van der Waals surface area contributed by atoms with E-state index in [4.69, 9.17) is 5.73 Å². The number of rotatable bonds is 0. The lowest BCUT2D eigenvalue weighted by Gasteiger charge is -2.44. The van der Waals surface area contributed by atoms with E-state index < -0.39 is 0 Å². The molecule has 0 radical (unpaired) electrons. The predicted molar refractivity (Wildman–Crippen MR) is 63.6 cm³/mol. The van der Waals surface area contributed by atoms with Crippen LogP contribution in [0.3, 0.4) is 0 Å². The van der Waals surface area contributed by atoms with Gasteiger partial charge in [-0.05, 0) is 7.05 Å². The molecule has 0 saturated carbocycles. The molecule has 0 aromatic carbocycles. The quantitative estimate of drug-likeness (QED) is 0.620. The van der Waals surface area contributed by atoms with Gasteiger partial charge in [-0.3, -0.25) is 0 Å². The Morgan fingerprint density at radius 1 is 1.44 bits per heavy atom. The largest absolute Gasteiger partial charge is 0.382 e. The van der Waals surface area contributed by atoms with Crippen molar-refractivity contribution in [3.63, 3.8) is 0 Å². The first-order valence-electron chi connectivity index (χ1n) is 5.56. The van der Waals surface area contributed by atoms with Crippen LogP contribution in [-0.2, 0) is 0 Å². The van der Waals surface area contributed by atoms with Crippen molar-refractivity contribution in [1.82, 2.24) is 15.1 Å². The van der Waals surface area contributed by atoms with Crippen LogP contribution in [0.4, 0.5) is 17.3 Å². The molecule has 2 aliphatic heterocycles. The van der Waals surface area contributed by atoms with Gasteiger partial charge in [-0.25, -0.2) is 0 Å². The summed E-state index contributed by atoms with van der Waals surface area (Å²) in [5.74, 6) is 1.34. The summed E-state index contributed by atoms with van der Waals surface area (Å²) in [5.41, 5.74) is 6.79. The van der Waals surface area contributed by atoms with E-state index in [1.807, 2.05) is 6.07 Å². The fourth-order valence-electron chi connectivity index (χ4n) is 2.46. The zero-order valence-corrected chi connectivity index (χ0v) is 9.35. The van der Waals surface area contributed by atoms with Crippen LogP contribution in [0, 0.1) is 0 Å². The van der Waals surface area contributed by atoms with Gasteiger partial charge in [-0.2, -0.15) is 0 Å². The van der Waals surface area contributed by atoms with Gasteiger partial charge < -0.3 is 20.9 Å². The average Bonchev–Trinajstić information content (AvgIpc) is 2.28. The van der Waals surface area contributed by atoms with Crippen LogP contribution in [0.2, 0.25) is 0 Å². The Bertz CT molecular complexity index is 406. The fraction of sp³-hybridized carbons (Fsp3) is 0.600. The number of hydrogen-bond donors (Lipinski definition) is 2. The van der Waals surface area contributed by atoms with Gasteiger partial charge in [-0.1, -0.05) is 0 Å². The maximum Gasteiger partial charge on any atom is 0.172 e. The summed E-state index contributed by atoms with van der Waals surface area (Å²) < 4.78 is 0. The van der Waals surface area contributed by atoms with Crippen LogP contribution in [-0.4, -0.2) is 54.4 Å². The van der Waals surface area contributed by atoms with Crippen molar-refractivity contribution >= 4 is 17.3 Å². The highest BCUT2D eigenvalue weighted by Crippen LogP contribution is 2.31. The van der Waals surface area contributed by atoms with Crippen molar-refractivity contribution in [3.05, 3.63) is 6.07 Å². The minimum Gasteiger partial charge on any atom is -0.382 e. The molecule has 3 rings (SSSR count). The molecular weight excluding hydrogens is 204 g/mol. The van der Waals surface area contributed by atoms with E-state index in [0.29, 0.717) is 11.9 Å². The number of nitrogen functional groups attached to an aromatic ring is 1. The Labute approximate surface area is 94.4 Å². The van der Waals surface area contributed by atoms with E-state index in [0.717, 1.165) is 37.7 Å². The Kier molecular flexibility index (Phi) is 2.10. The van der Waals surface area contributed by atoms with Crippen molar-refractivity contribution in [3.8, 4) is 0 Å². The number of nitrogens with two attached hydrogens (primary N) is 1. The van der Waals surface area contributed by atoms with Gasteiger partial charge in [0.1, 0.15) is 5.82 Å². The molecule has 2 aliphatic rings. The smallest absolute Gasteiger partial charge is 0.172 e. The lowest BCUT2D eigenvalue weighted by Crippen LogP contribution is -2.56. The first kappa shape index (κ1) is 9.65. The standard InChI is InChI=1S/C10H16N6/c1-15-2-3-16-7(6-15)5-12-10-8(16)4-9(11)13-14-10/h4,7H,2-3,5-6H2,1H3,(H2,11,13)(H,12,14). The van der Waals surface area contributed by atoms with E-state index in [2.05, 4.69) is 32.4 Å². The Balaban J connectivity index is 1.96. The molecule has 0 spiro atoms. The average molecular weight is 220 g/mol. The SMILES string of the molecule is CN1CCN2c3cc(N)nnc3NCC2C1. The van der Waals surface area contributed by atoms with Crippen LogP contribution in [0.1, 0.15) is 0 Å². The number of fused-ring (bicyclic) bond motifs is 3. The molecule has 16 heavy (non-hydrogen) atoms. The van der Waals surface area contributed by atoms with Crippen molar-refractivity contribution < 1.29 is 0 Å². The zero-order chi connectivity index (χ0) is 11.1. The lowest BCUT2D eigenvalue weighted by molar-refractivity contribution is 0.269. The molecule has 3 N–H and O–H groups in total. The summed E-state index contributed by atoms with van der Waals surface area (Å²) in [4.78, 5) is 4.74. The summed E-state index contributed by atoms with van der Waals surface area (Å²) in [6, 6.07) is 2.42. The van der Waals surface area contributed by atoms with Crippen LogP contribution in [0.25, 0.3) is 0 Å². The van der Waals surface area contributed by atoms with Crippen LogP contribution in [0.15, 0.2) is 6.07 Å². The number of likely N-dealkylation sites (N-methyl/N-ethyl adjacent to an activating group) is 1. The minimum atomic E-state index is 0.486. The van der Waals surface area contributed by atoms with Crippen molar-refractivity contribution in [2.45, 2.75) is 6.04 Å². The van der Waals surface area contributed by atoms with Gasteiger partial charge in [0.25, 0.3) is 0 Å². The van der Waals surface area contributed by atoms with Gasteiger partial charge in [0.2, 0.25) is 0 Å². The maximum absolute atomic E-state index is 5.69. The molecule has 1 aromatic rings. The van der Waals surface area contributed by atoms with E-state index in [9.17, 15) is 0 Å². The normalized spacial score (nSPS) is 24.6. The first-order valence-corrected chi connectivity index (χ1v) is 5.56. The zero-order valence-electron chi connectivity index (χ0n) is 9.35. The van der Waals surface area contributed by atoms with Crippen LogP contribution in [0.5, 0.6) is 0 Å². The predicted octanol–water partition coefficient (Wildman–Crippen LogP) is -0.395. The Hall–Kier alpha value is -1.56. The highest BCUT2D eigenvalue weighted by Gasteiger charge is 2.31. The van der Waals surface area contributed by atoms with Crippen molar-refractivity contribution in [1.29, 1.82) is 0 Å². The molecule has 6 heteroatoms. The van der Waals surface area contributed by atoms with Gasteiger partial charge >= 0.3 is 0 Å². The number of nitrogens with zero attached hydrogens (tertiary/aromatic N) is 4. The second kappa shape index (κ2) is 3.48. The highest BCUT2D eigenvalue weighted by molar-refractivity contribution is 5.71. The highest BCUT2D eigenvalue weighted by atomic mass is 15.3. The molecule has 0 aliphatic carbocycles. The monoisotopic (exact) mass is 220 g/mol. The Morgan fingerprint density at radius 3 is 3.19 bits per heavy atom. The molecule has 1 atom stereocenters. The third-order valence-corrected chi connectivity index (χ3v) is 3.29. The summed E-state index contributed by atoms with van der Waals surface area (Å²) in [6.45, 7) is 4.11. The van der Waals surface area contributed by atoms with Crippen molar-refractivity contribution in [2.75, 3.05) is 49.2 Å². The number of anilines is 3. The molecule has 1 unspecified atom stereocenters. The molecule has 86 valence electrons. The molecule has 1 fully saturated rings. The Morgan fingerprint density at radius 2 is 2.31 bits per heavy atom. The van der Waals surface area contributed by atoms with E-state index in [1.165, 1.54) is 0 Å². The number of piperazine rings is 1. The molecule has 6 nitrogen and oxygen atoms in total. The van der Waals surface area contributed by atoms with Crippen molar-refractivity contribution in [2.24, 2.45) is 0 Å². The molecule has 0 amide bonds. The maximum atomic E-state index is 5.69. The molecular formula is C10H16N6. The van der Waals surface area contributed by atoms with E-state index in [-0.39, 0.29) is 0 Å². The first-order chi connectivity index (χ1) is 7.74. The third kappa shape index (κ3) is 1.46. The number of hydrogen-bond acceptors (Lipinski definition) is 6. The van der Waals surface area contributed by atoms with Gasteiger partial charge in [0.05, 0.1) is 11.7 Å². The molecule has 1 aromatic heterocycles. The molecule has 1 saturated heterocycles. The summed E-state index contributed by atoms with van der Waals surface area (Å²) >= 11 is 0. The van der Waals surface area contributed by atoms with Crippen LogP contribution >= 0.6 is 0 Å². The summed E-state index contributed by atoms with van der Waals surface area (Å²) in [5, 5.41) is 11.3. The molecule has 0 bridgehead atoms. The van der Waals surface area contributed by atoms with Gasteiger partial charge in [0.15, 0.2) is 5.82 Å². The lowest BCUT2D eigenvalue weighted by atomic mass is 10.1. The second-order valence-electron chi connectivity index (χ2n) is 4.49. The second-order valence-corrected chi connectivity index (χ2v) is 4.49. The summed E-state index contributed by atoms with van der Waals surface area (Å²) in [7, 11) is 2.16. The van der Waals surface area contributed by atoms with E-state index >= 15 is 0 Å². The third-order valence-electron chi connectivity index (χ3n) is 3.29. The fourth-order valence-corrected chi connectivity index (χ4v) is 2.46. The number of nitrogens with one attached hydrogen (secondary N) is 1. The van der Waals surface area contributed by atoms with Crippen LogP contribution < -0.4 is 16.0 Å². The van der Waals surface area contributed by atoms with Gasteiger partial charge in [0, 0.05) is 32.2 Å². The topological polar surface area (TPSA) is 70.3 Å². The number of aromatic nitrogens is 2. The summed E-state index contributed by atoms with van der Waals surface area (Å²) in [6.07, 6.45) is 0. The molecule has 3 heterocycles.